The highest BCUT2D eigenvalue weighted by Gasteiger charge is 2.07. The van der Waals surface area contributed by atoms with Crippen molar-refractivity contribution in [2.24, 2.45) is 0 Å². The number of aryl methyl sites for hydroxylation is 1. The van der Waals surface area contributed by atoms with Gasteiger partial charge in [-0.1, -0.05) is 29.8 Å². The molecule has 154 valence electrons. The Kier molecular flexibility index (Phi) is 7.03. The molecular weight excluding hydrogens is 419 g/mol. The zero-order valence-electron chi connectivity index (χ0n) is 16.7. The van der Waals surface area contributed by atoms with E-state index in [0.717, 1.165) is 45.0 Å². The summed E-state index contributed by atoms with van der Waals surface area (Å²) >= 11 is 6.18. The van der Waals surface area contributed by atoms with Crippen LogP contribution in [0.3, 0.4) is 0 Å². The molecule has 30 heavy (non-hydrogen) atoms. The monoisotopic (exact) mass is 439 g/mol. The van der Waals surface area contributed by atoms with Gasteiger partial charge in [-0.05, 0) is 61.5 Å². The van der Waals surface area contributed by atoms with Gasteiger partial charge in [0.1, 0.15) is 18.1 Å². The van der Waals surface area contributed by atoms with Crippen molar-refractivity contribution in [3.05, 3.63) is 89.1 Å². The molecule has 0 fully saturated rings. The Morgan fingerprint density at radius 3 is 2.40 bits per heavy atom. The molecule has 1 heterocycles. The molecule has 0 bridgehead atoms. The lowest BCUT2D eigenvalue weighted by Crippen LogP contribution is -3.00. The first-order valence-corrected chi connectivity index (χ1v) is 9.69. The number of anilines is 2. The maximum absolute atomic E-state index is 6.18. The third kappa shape index (κ3) is 4.96. The number of methoxy groups -OCH3 is 1. The number of ether oxygens (including phenoxy) is 2. The first kappa shape index (κ1) is 21.8. The molecule has 3 aromatic carbocycles. The predicted octanol–water partition coefficient (Wildman–Crippen LogP) is 3.53. The van der Waals surface area contributed by atoms with Gasteiger partial charge in [0.2, 0.25) is 0 Å². The highest BCUT2D eigenvalue weighted by atomic mass is 35.5. The lowest BCUT2D eigenvalue weighted by Gasteiger charge is -2.13. The summed E-state index contributed by atoms with van der Waals surface area (Å²) in [5, 5.41) is 5.19. The molecule has 0 amide bonds. The molecule has 6 heteroatoms. The number of pyridine rings is 1. The SMILES string of the molecule is COc1ccc2nc(C)cc(Nc3ccc(OCc4ccccc4Cl)cc3)c2c1.[Cl-]. The second-order valence-corrected chi connectivity index (χ2v) is 7.13. The summed E-state index contributed by atoms with van der Waals surface area (Å²) < 4.78 is 11.2. The van der Waals surface area contributed by atoms with E-state index >= 15 is 0 Å². The number of nitrogens with zero attached hydrogens (tertiary/aromatic N) is 1. The zero-order chi connectivity index (χ0) is 20.2. The van der Waals surface area contributed by atoms with E-state index in [0.29, 0.717) is 11.6 Å². The number of rotatable bonds is 6. The van der Waals surface area contributed by atoms with Gasteiger partial charge in [-0.2, -0.15) is 0 Å². The molecule has 4 rings (SSSR count). The fourth-order valence-corrected chi connectivity index (χ4v) is 3.32. The zero-order valence-corrected chi connectivity index (χ0v) is 18.2. The molecule has 1 N–H and O–H groups in total. The van der Waals surface area contributed by atoms with E-state index in [1.54, 1.807) is 7.11 Å². The van der Waals surface area contributed by atoms with Gasteiger partial charge in [0.05, 0.1) is 12.6 Å². The minimum absolute atomic E-state index is 0. The number of fused-ring (bicyclic) bond motifs is 1. The highest BCUT2D eigenvalue weighted by molar-refractivity contribution is 6.31. The van der Waals surface area contributed by atoms with E-state index in [9.17, 15) is 0 Å². The van der Waals surface area contributed by atoms with Gasteiger partial charge in [0, 0.05) is 33.0 Å². The van der Waals surface area contributed by atoms with E-state index in [1.165, 1.54) is 0 Å². The van der Waals surface area contributed by atoms with Crippen molar-refractivity contribution in [2.75, 3.05) is 12.4 Å². The lowest BCUT2D eigenvalue weighted by molar-refractivity contribution is -0.00000647. The summed E-state index contributed by atoms with van der Waals surface area (Å²) in [6.45, 7) is 2.42. The third-order valence-corrected chi connectivity index (χ3v) is 5.00. The van der Waals surface area contributed by atoms with Crippen molar-refractivity contribution in [3.63, 3.8) is 0 Å². The Balaban J connectivity index is 0.00000256. The molecule has 0 aliphatic rings. The second kappa shape index (κ2) is 9.70. The van der Waals surface area contributed by atoms with E-state index < -0.39 is 0 Å². The fourth-order valence-electron chi connectivity index (χ4n) is 3.13. The Hall–Kier alpha value is -2.95. The van der Waals surface area contributed by atoms with Gasteiger partial charge >= 0.3 is 0 Å². The van der Waals surface area contributed by atoms with Gasteiger partial charge < -0.3 is 27.2 Å². The number of aromatic nitrogens is 1. The molecule has 0 atom stereocenters. The van der Waals surface area contributed by atoms with Gasteiger partial charge in [-0.3, -0.25) is 4.98 Å². The Morgan fingerprint density at radius 2 is 1.67 bits per heavy atom. The molecule has 0 saturated carbocycles. The van der Waals surface area contributed by atoms with Crippen LogP contribution in [0.15, 0.2) is 72.8 Å². The number of nitrogens with one attached hydrogen (secondary N) is 1. The quantitative estimate of drug-likeness (QED) is 0.498. The number of hydrogen-bond donors (Lipinski definition) is 1. The largest absolute Gasteiger partial charge is 1.00 e. The third-order valence-electron chi connectivity index (χ3n) is 4.63. The van der Waals surface area contributed by atoms with E-state index in [2.05, 4.69) is 10.3 Å². The smallest absolute Gasteiger partial charge is 0.119 e. The van der Waals surface area contributed by atoms with Crippen LogP contribution in [0, 0.1) is 6.92 Å². The second-order valence-electron chi connectivity index (χ2n) is 6.72. The van der Waals surface area contributed by atoms with Gasteiger partial charge in [0.25, 0.3) is 0 Å². The summed E-state index contributed by atoms with van der Waals surface area (Å²) in [5.41, 5.74) is 4.78. The van der Waals surface area contributed by atoms with Crippen LogP contribution in [-0.2, 0) is 6.61 Å². The predicted molar refractivity (Wildman–Crippen MR) is 119 cm³/mol. The topological polar surface area (TPSA) is 43.4 Å². The van der Waals surface area contributed by atoms with Crippen LogP contribution in [0.2, 0.25) is 5.02 Å². The van der Waals surface area contributed by atoms with Gasteiger partial charge in [-0.25, -0.2) is 0 Å². The minimum atomic E-state index is 0. The van der Waals surface area contributed by atoms with Crippen LogP contribution in [0.25, 0.3) is 10.9 Å². The molecule has 4 aromatic rings. The first-order chi connectivity index (χ1) is 14.1. The number of halogens is 2. The van der Waals surface area contributed by atoms with Crippen LogP contribution >= 0.6 is 11.6 Å². The van der Waals surface area contributed by atoms with Crippen LogP contribution in [-0.4, -0.2) is 12.1 Å². The van der Waals surface area contributed by atoms with Crippen LogP contribution in [0.4, 0.5) is 11.4 Å². The van der Waals surface area contributed by atoms with E-state index in [1.807, 2.05) is 79.7 Å². The van der Waals surface area contributed by atoms with Crippen molar-refractivity contribution in [1.29, 1.82) is 0 Å². The average Bonchev–Trinajstić information content (AvgIpc) is 2.74. The van der Waals surface area contributed by atoms with Crippen LogP contribution in [0.5, 0.6) is 11.5 Å². The molecule has 0 aliphatic heterocycles. The lowest BCUT2D eigenvalue weighted by atomic mass is 10.1. The van der Waals surface area contributed by atoms with Crippen molar-refractivity contribution in [3.8, 4) is 11.5 Å². The molecule has 0 unspecified atom stereocenters. The number of hydrogen-bond acceptors (Lipinski definition) is 4. The van der Waals surface area contributed by atoms with Gasteiger partial charge in [0.15, 0.2) is 0 Å². The van der Waals surface area contributed by atoms with Crippen LogP contribution in [0.1, 0.15) is 11.3 Å². The maximum Gasteiger partial charge on any atom is 0.119 e. The van der Waals surface area contributed by atoms with Crippen molar-refractivity contribution < 1.29 is 21.9 Å². The Bertz CT molecular complexity index is 1150. The van der Waals surface area contributed by atoms with Crippen LogP contribution < -0.4 is 27.2 Å². The standard InChI is InChI=1S/C24H21ClN2O2.ClH/c1-16-13-24(21-14-20(28-2)11-12-23(21)26-16)27-18-7-9-19(10-8-18)29-15-17-5-3-4-6-22(17)25;/h3-14H,15H2,1-2H3,(H,26,27);1H/p-1. The summed E-state index contributed by atoms with van der Waals surface area (Å²) in [6, 6.07) is 23.5. The minimum Gasteiger partial charge on any atom is -1.00 e. The van der Waals surface area contributed by atoms with Crippen molar-refractivity contribution in [1.82, 2.24) is 4.98 Å². The molecular formula is C24H21Cl2N2O2-. The fraction of sp³-hybridized carbons (Fsp3) is 0.125. The summed E-state index contributed by atoms with van der Waals surface area (Å²) in [5.74, 6) is 1.59. The molecule has 0 aliphatic carbocycles. The normalized spacial score (nSPS) is 10.4. The average molecular weight is 440 g/mol. The van der Waals surface area contributed by atoms with Gasteiger partial charge in [-0.15, -0.1) is 0 Å². The molecule has 0 radical (unpaired) electrons. The number of benzene rings is 3. The van der Waals surface area contributed by atoms with E-state index in [-0.39, 0.29) is 12.4 Å². The molecule has 1 aromatic heterocycles. The summed E-state index contributed by atoms with van der Waals surface area (Å²) in [6.07, 6.45) is 0. The summed E-state index contributed by atoms with van der Waals surface area (Å²) in [4.78, 5) is 4.60. The summed E-state index contributed by atoms with van der Waals surface area (Å²) in [7, 11) is 1.66. The maximum atomic E-state index is 6.18. The Morgan fingerprint density at radius 1 is 0.933 bits per heavy atom. The van der Waals surface area contributed by atoms with E-state index in [4.69, 9.17) is 21.1 Å². The van der Waals surface area contributed by atoms with Crippen molar-refractivity contribution >= 4 is 33.9 Å². The highest BCUT2D eigenvalue weighted by Crippen LogP contribution is 2.30. The molecule has 0 spiro atoms. The Labute approximate surface area is 187 Å². The molecule has 4 nitrogen and oxygen atoms in total. The first-order valence-electron chi connectivity index (χ1n) is 9.31. The van der Waals surface area contributed by atoms with Crippen molar-refractivity contribution in [2.45, 2.75) is 13.5 Å². The molecule has 0 saturated heterocycles.